The molecule has 1 unspecified atom stereocenters. The molecule has 1 atom stereocenters. The van der Waals surface area contributed by atoms with E-state index in [0.29, 0.717) is 17.7 Å². The first kappa shape index (κ1) is 24.9. The van der Waals surface area contributed by atoms with Crippen molar-refractivity contribution in [2.24, 2.45) is 0 Å². The molecular formula is C20H29Cl3N2O3. The summed E-state index contributed by atoms with van der Waals surface area (Å²) in [7, 11) is 1.31. The minimum Gasteiger partial charge on any atom is -0.465 e. The van der Waals surface area contributed by atoms with Gasteiger partial charge in [-0.3, -0.25) is 4.79 Å². The van der Waals surface area contributed by atoms with Crippen molar-refractivity contribution in [3.05, 3.63) is 29.8 Å². The van der Waals surface area contributed by atoms with Crippen LogP contribution < -0.4 is 10.6 Å². The van der Waals surface area contributed by atoms with Crippen LogP contribution in [0.5, 0.6) is 0 Å². The van der Waals surface area contributed by atoms with Gasteiger partial charge in [-0.2, -0.15) is 0 Å². The normalized spacial score (nSPS) is 12.3. The van der Waals surface area contributed by atoms with E-state index in [2.05, 4.69) is 22.3 Å². The summed E-state index contributed by atoms with van der Waals surface area (Å²) in [5.74, 6) is -0.615. The summed E-state index contributed by atoms with van der Waals surface area (Å²) in [5, 5.41) is 5.71. The first-order chi connectivity index (χ1) is 13.3. The SMILES string of the molecule is CCCCCCCCCC(=O)NC(Nc1ccc(C(=O)OC)cc1)C(Cl)(Cl)Cl. The lowest BCUT2D eigenvalue weighted by Gasteiger charge is -2.27. The maximum atomic E-state index is 12.2. The van der Waals surface area contributed by atoms with Gasteiger partial charge in [0, 0.05) is 12.1 Å². The Bertz CT molecular complexity index is 604. The summed E-state index contributed by atoms with van der Waals surface area (Å²) in [6.07, 6.45) is 7.36. The van der Waals surface area contributed by atoms with Gasteiger partial charge in [0.25, 0.3) is 0 Å². The van der Waals surface area contributed by atoms with Crippen molar-refractivity contribution in [1.82, 2.24) is 5.32 Å². The van der Waals surface area contributed by atoms with Crippen molar-refractivity contribution in [2.75, 3.05) is 12.4 Å². The fraction of sp³-hybridized carbons (Fsp3) is 0.600. The fourth-order valence-electron chi connectivity index (χ4n) is 2.66. The Labute approximate surface area is 182 Å². The predicted molar refractivity (Wildman–Crippen MR) is 116 cm³/mol. The third-order valence-corrected chi connectivity index (χ3v) is 4.91. The Morgan fingerprint density at radius 2 is 1.57 bits per heavy atom. The van der Waals surface area contributed by atoms with E-state index in [-0.39, 0.29) is 5.91 Å². The number of halogens is 3. The summed E-state index contributed by atoms with van der Waals surface area (Å²) >= 11 is 18.0. The molecule has 1 aromatic carbocycles. The summed E-state index contributed by atoms with van der Waals surface area (Å²) in [5.41, 5.74) is 1.00. The zero-order valence-corrected chi connectivity index (χ0v) is 18.7. The minimum atomic E-state index is -1.74. The third-order valence-electron chi connectivity index (χ3n) is 4.26. The molecule has 0 fully saturated rings. The first-order valence-electron chi connectivity index (χ1n) is 9.59. The highest BCUT2D eigenvalue weighted by molar-refractivity contribution is 6.68. The van der Waals surface area contributed by atoms with Crippen LogP contribution in [0.4, 0.5) is 5.69 Å². The van der Waals surface area contributed by atoms with E-state index in [1.165, 1.54) is 32.8 Å². The topological polar surface area (TPSA) is 67.4 Å². The van der Waals surface area contributed by atoms with Gasteiger partial charge in [-0.1, -0.05) is 80.3 Å². The molecular weight excluding hydrogens is 423 g/mol. The van der Waals surface area contributed by atoms with Gasteiger partial charge in [0.15, 0.2) is 0 Å². The number of nitrogens with one attached hydrogen (secondary N) is 2. The van der Waals surface area contributed by atoms with Gasteiger partial charge < -0.3 is 15.4 Å². The molecule has 0 aliphatic carbocycles. The van der Waals surface area contributed by atoms with Gasteiger partial charge in [-0.15, -0.1) is 0 Å². The number of rotatable bonds is 12. The lowest BCUT2D eigenvalue weighted by atomic mass is 10.1. The zero-order chi connectivity index (χ0) is 21.0. The number of carbonyl (C=O) groups excluding carboxylic acids is 2. The average Bonchev–Trinajstić information content (AvgIpc) is 2.66. The fourth-order valence-corrected chi connectivity index (χ4v) is 2.99. The highest BCUT2D eigenvalue weighted by Crippen LogP contribution is 2.31. The van der Waals surface area contributed by atoms with Crippen LogP contribution in [0.1, 0.15) is 68.6 Å². The Balaban J connectivity index is 2.50. The van der Waals surface area contributed by atoms with Crippen LogP contribution >= 0.6 is 34.8 Å². The molecule has 2 N–H and O–H groups in total. The number of unbranched alkanes of at least 4 members (excludes halogenated alkanes) is 6. The number of esters is 1. The average molecular weight is 452 g/mol. The summed E-state index contributed by atoms with van der Waals surface area (Å²) in [4.78, 5) is 23.7. The summed E-state index contributed by atoms with van der Waals surface area (Å²) < 4.78 is 2.92. The number of methoxy groups -OCH3 is 1. The maximum Gasteiger partial charge on any atom is 0.337 e. The molecule has 8 heteroatoms. The van der Waals surface area contributed by atoms with E-state index in [9.17, 15) is 9.59 Å². The van der Waals surface area contributed by atoms with Crippen LogP contribution in [0.15, 0.2) is 24.3 Å². The number of amides is 1. The van der Waals surface area contributed by atoms with Crippen LogP contribution in [-0.4, -0.2) is 28.9 Å². The van der Waals surface area contributed by atoms with Crippen molar-refractivity contribution in [1.29, 1.82) is 0 Å². The minimum absolute atomic E-state index is 0.177. The molecule has 0 aliphatic rings. The van der Waals surface area contributed by atoms with Crippen molar-refractivity contribution < 1.29 is 14.3 Å². The highest BCUT2D eigenvalue weighted by Gasteiger charge is 2.33. The number of hydrogen-bond donors (Lipinski definition) is 2. The second-order valence-corrected chi connectivity index (χ2v) is 9.00. The maximum absolute atomic E-state index is 12.2. The van der Waals surface area contributed by atoms with Crippen molar-refractivity contribution in [2.45, 2.75) is 68.2 Å². The van der Waals surface area contributed by atoms with Crippen molar-refractivity contribution in [3.63, 3.8) is 0 Å². The van der Waals surface area contributed by atoms with E-state index < -0.39 is 15.9 Å². The molecule has 5 nitrogen and oxygen atoms in total. The quantitative estimate of drug-likeness (QED) is 0.181. The Morgan fingerprint density at radius 3 is 2.11 bits per heavy atom. The van der Waals surface area contributed by atoms with Gasteiger partial charge in [0.05, 0.1) is 12.7 Å². The van der Waals surface area contributed by atoms with E-state index >= 15 is 0 Å². The van der Waals surface area contributed by atoms with Gasteiger partial charge in [0.2, 0.25) is 9.70 Å². The van der Waals surface area contributed by atoms with Crippen LogP contribution in [0.3, 0.4) is 0 Å². The molecule has 1 amide bonds. The van der Waals surface area contributed by atoms with E-state index in [1.54, 1.807) is 24.3 Å². The summed E-state index contributed by atoms with van der Waals surface area (Å²) in [6, 6.07) is 6.48. The molecule has 0 saturated carbocycles. The smallest absolute Gasteiger partial charge is 0.337 e. The van der Waals surface area contributed by atoms with Crippen LogP contribution in [-0.2, 0) is 9.53 Å². The molecule has 0 spiro atoms. The molecule has 28 heavy (non-hydrogen) atoms. The standard InChI is InChI=1S/C20H29Cl3N2O3/c1-3-4-5-6-7-8-9-10-17(26)25-19(20(21,22)23)24-16-13-11-15(12-14-16)18(27)28-2/h11-14,19,24H,3-10H2,1-2H3,(H,25,26). The first-order valence-corrected chi connectivity index (χ1v) is 10.7. The van der Waals surface area contributed by atoms with Crippen molar-refractivity contribution in [3.8, 4) is 0 Å². The number of ether oxygens (including phenoxy) is 1. The number of carbonyl (C=O) groups is 2. The Morgan fingerprint density at radius 1 is 1.00 bits per heavy atom. The van der Waals surface area contributed by atoms with E-state index in [0.717, 1.165) is 19.3 Å². The molecule has 0 aromatic heterocycles. The van der Waals surface area contributed by atoms with Gasteiger partial charge in [-0.25, -0.2) is 4.79 Å². The lowest BCUT2D eigenvalue weighted by molar-refractivity contribution is -0.121. The molecule has 158 valence electrons. The van der Waals surface area contributed by atoms with Crippen molar-refractivity contribution >= 4 is 52.4 Å². The molecule has 0 bridgehead atoms. The van der Waals surface area contributed by atoms with E-state index in [4.69, 9.17) is 34.8 Å². The molecule has 0 saturated heterocycles. The zero-order valence-electron chi connectivity index (χ0n) is 16.4. The monoisotopic (exact) mass is 450 g/mol. The largest absolute Gasteiger partial charge is 0.465 e. The molecule has 0 heterocycles. The molecule has 1 rings (SSSR count). The molecule has 0 radical (unpaired) electrons. The lowest BCUT2D eigenvalue weighted by Crippen LogP contribution is -2.49. The Kier molecular flexibility index (Phi) is 11.7. The number of alkyl halides is 3. The Hall–Kier alpha value is -1.17. The van der Waals surface area contributed by atoms with Crippen LogP contribution in [0.25, 0.3) is 0 Å². The van der Waals surface area contributed by atoms with E-state index in [1.807, 2.05) is 0 Å². The second kappa shape index (κ2) is 13.1. The van der Waals surface area contributed by atoms with Gasteiger partial charge in [-0.05, 0) is 30.7 Å². The van der Waals surface area contributed by atoms with Gasteiger partial charge >= 0.3 is 5.97 Å². The second-order valence-electron chi connectivity index (χ2n) is 6.63. The third kappa shape index (κ3) is 9.85. The molecule has 1 aromatic rings. The van der Waals surface area contributed by atoms with Gasteiger partial charge in [0.1, 0.15) is 6.17 Å². The summed E-state index contributed by atoms with van der Waals surface area (Å²) in [6.45, 7) is 2.19. The predicted octanol–water partition coefficient (Wildman–Crippen LogP) is 5.84. The van der Waals surface area contributed by atoms with Crippen LogP contribution in [0, 0.1) is 0 Å². The number of anilines is 1. The van der Waals surface area contributed by atoms with Crippen LogP contribution in [0.2, 0.25) is 0 Å². The number of hydrogen-bond acceptors (Lipinski definition) is 4. The number of benzene rings is 1. The molecule has 0 aliphatic heterocycles. The highest BCUT2D eigenvalue weighted by atomic mass is 35.6.